The highest BCUT2D eigenvalue weighted by Gasteiger charge is 2.29. The molecule has 0 saturated carbocycles. The van der Waals surface area contributed by atoms with Gasteiger partial charge in [0, 0.05) is 13.1 Å². The van der Waals surface area contributed by atoms with Crippen LogP contribution in [0.25, 0.3) is 0 Å². The monoisotopic (exact) mass is 450 g/mol. The van der Waals surface area contributed by atoms with Crippen molar-refractivity contribution in [1.29, 1.82) is 0 Å². The molecule has 1 N–H and O–H groups in total. The van der Waals surface area contributed by atoms with Gasteiger partial charge in [0.2, 0.25) is 15.9 Å². The second kappa shape index (κ2) is 9.81. The van der Waals surface area contributed by atoms with Gasteiger partial charge < -0.3 is 9.64 Å². The predicted octanol–water partition coefficient (Wildman–Crippen LogP) is 3.50. The smallest absolute Gasteiger partial charge is 0.241 e. The van der Waals surface area contributed by atoms with Gasteiger partial charge in [-0.05, 0) is 55.9 Å². The Bertz CT molecular complexity index is 974. The first-order valence-electron chi connectivity index (χ1n) is 9.98. The van der Waals surface area contributed by atoms with Crippen molar-refractivity contribution in [2.24, 2.45) is 5.92 Å². The van der Waals surface area contributed by atoms with Crippen LogP contribution in [-0.2, 0) is 21.2 Å². The molecule has 8 heteroatoms. The van der Waals surface area contributed by atoms with Gasteiger partial charge in [0.1, 0.15) is 5.75 Å². The van der Waals surface area contributed by atoms with E-state index >= 15 is 0 Å². The van der Waals surface area contributed by atoms with Crippen molar-refractivity contribution in [3.8, 4) is 5.75 Å². The van der Waals surface area contributed by atoms with E-state index in [9.17, 15) is 13.2 Å². The molecule has 0 aliphatic carbocycles. The van der Waals surface area contributed by atoms with Gasteiger partial charge >= 0.3 is 0 Å². The predicted molar refractivity (Wildman–Crippen MR) is 117 cm³/mol. The summed E-state index contributed by atoms with van der Waals surface area (Å²) in [5.41, 5.74) is 1.31. The molecule has 1 atom stereocenters. The van der Waals surface area contributed by atoms with Crippen LogP contribution in [0.3, 0.4) is 0 Å². The Kier molecular flexibility index (Phi) is 7.39. The lowest BCUT2D eigenvalue weighted by Gasteiger charge is -2.33. The summed E-state index contributed by atoms with van der Waals surface area (Å²) < 4.78 is 32.8. The van der Waals surface area contributed by atoms with Gasteiger partial charge in [0.05, 0.1) is 23.1 Å². The Hall–Kier alpha value is -2.09. The third kappa shape index (κ3) is 5.53. The van der Waals surface area contributed by atoms with Gasteiger partial charge in [0.15, 0.2) is 0 Å². The summed E-state index contributed by atoms with van der Waals surface area (Å²) in [7, 11) is -2.42. The molecule has 0 radical (unpaired) electrons. The van der Waals surface area contributed by atoms with E-state index in [2.05, 4.69) is 16.9 Å². The number of piperidine rings is 1. The molecule has 1 aliphatic rings. The summed E-state index contributed by atoms with van der Waals surface area (Å²) >= 11 is 6.04. The number of amides is 1. The minimum atomic E-state index is -3.88. The molecular formula is C22H27ClN2O4S. The van der Waals surface area contributed by atoms with Gasteiger partial charge in [-0.3, -0.25) is 4.79 Å². The molecule has 6 nitrogen and oxygen atoms in total. The fraction of sp³-hybridized carbons (Fsp3) is 0.409. The first kappa shape index (κ1) is 22.6. The number of carbonyl (C=O) groups excluding carboxylic acids is 1. The summed E-state index contributed by atoms with van der Waals surface area (Å²) in [5.74, 6) is 0.708. The lowest BCUT2D eigenvalue weighted by atomic mass is 9.90. The van der Waals surface area contributed by atoms with Crippen LogP contribution < -0.4 is 9.46 Å². The molecule has 0 spiro atoms. The van der Waals surface area contributed by atoms with E-state index in [0.717, 1.165) is 19.3 Å². The van der Waals surface area contributed by atoms with E-state index in [1.807, 2.05) is 18.2 Å². The fourth-order valence-corrected chi connectivity index (χ4v) is 5.29. The standard InChI is InChI=1S/C22H27ClN2O4S/c1-16(24-30(27,28)19-8-9-21(29-2)20(23)15-19)22(26)25-12-10-18(11-13-25)14-17-6-4-3-5-7-17/h3-9,15-16,18,24H,10-14H2,1-2H3/t16-/m0/s1. The highest BCUT2D eigenvalue weighted by atomic mass is 35.5. The number of likely N-dealkylation sites (tertiary alicyclic amines) is 1. The topological polar surface area (TPSA) is 75.7 Å². The lowest BCUT2D eigenvalue weighted by molar-refractivity contribution is -0.133. The Morgan fingerprint density at radius 1 is 1.20 bits per heavy atom. The van der Waals surface area contributed by atoms with Gasteiger partial charge in [-0.25, -0.2) is 8.42 Å². The first-order valence-corrected chi connectivity index (χ1v) is 11.8. The van der Waals surface area contributed by atoms with Crippen molar-refractivity contribution in [3.05, 3.63) is 59.1 Å². The van der Waals surface area contributed by atoms with E-state index in [1.54, 1.807) is 11.8 Å². The summed E-state index contributed by atoms with van der Waals surface area (Å²) in [6.45, 7) is 2.84. The number of halogens is 1. The molecule has 2 aromatic carbocycles. The number of benzene rings is 2. The van der Waals surface area contributed by atoms with Gasteiger partial charge in [0.25, 0.3) is 0 Å². The molecule has 162 valence electrons. The molecule has 0 bridgehead atoms. The molecule has 2 aromatic rings. The molecule has 1 amide bonds. The maximum Gasteiger partial charge on any atom is 0.241 e. The van der Waals surface area contributed by atoms with Crippen LogP contribution in [-0.4, -0.2) is 45.5 Å². The summed E-state index contributed by atoms with van der Waals surface area (Å²) in [5, 5.41) is 0.194. The average Bonchev–Trinajstić information content (AvgIpc) is 2.74. The summed E-state index contributed by atoms with van der Waals surface area (Å²) in [6.07, 6.45) is 2.83. The Morgan fingerprint density at radius 2 is 1.87 bits per heavy atom. The minimum absolute atomic E-state index is 0.00507. The number of hydrogen-bond donors (Lipinski definition) is 1. The number of methoxy groups -OCH3 is 1. The zero-order valence-corrected chi connectivity index (χ0v) is 18.7. The number of rotatable bonds is 7. The quantitative estimate of drug-likeness (QED) is 0.700. The SMILES string of the molecule is COc1ccc(S(=O)(=O)N[C@@H](C)C(=O)N2CCC(Cc3ccccc3)CC2)cc1Cl. The van der Waals surface area contributed by atoms with E-state index in [1.165, 1.54) is 30.9 Å². The van der Waals surface area contributed by atoms with Crippen LogP contribution in [0, 0.1) is 5.92 Å². The normalized spacial score (nSPS) is 16.3. The van der Waals surface area contributed by atoms with E-state index in [4.69, 9.17) is 16.3 Å². The molecule has 0 unspecified atom stereocenters. The number of carbonyl (C=O) groups is 1. The van der Waals surface area contributed by atoms with Crippen LogP contribution in [0.15, 0.2) is 53.4 Å². The second-order valence-electron chi connectivity index (χ2n) is 7.60. The van der Waals surface area contributed by atoms with Crippen LogP contribution in [0.1, 0.15) is 25.3 Å². The van der Waals surface area contributed by atoms with Crippen molar-refractivity contribution < 1.29 is 17.9 Å². The largest absolute Gasteiger partial charge is 0.495 e. The third-order valence-electron chi connectivity index (χ3n) is 5.43. The number of sulfonamides is 1. The number of ether oxygens (including phenoxy) is 1. The summed E-state index contributed by atoms with van der Waals surface area (Å²) in [6, 6.07) is 13.7. The zero-order chi connectivity index (χ0) is 21.7. The maximum atomic E-state index is 12.8. The van der Waals surface area contributed by atoms with Crippen LogP contribution in [0.4, 0.5) is 0 Å². The Balaban J connectivity index is 1.56. The van der Waals surface area contributed by atoms with Crippen LogP contribution >= 0.6 is 11.6 Å². The first-order chi connectivity index (χ1) is 14.3. The zero-order valence-electron chi connectivity index (χ0n) is 17.2. The lowest BCUT2D eigenvalue weighted by Crippen LogP contribution is -2.49. The summed E-state index contributed by atoms with van der Waals surface area (Å²) in [4.78, 5) is 14.5. The van der Waals surface area contributed by atoms with Crippen molar-refractivity contribution in [3.63, 3.8) is 0 Å². The van der Waals surface area contributed by atoms with Crippen LogP contribution in [0.5, 0.6) is 5.75 Å². The molecule has 3 rings (SSSR count). The van der Waals surface area contributed by atoms with E-state index < -0.39 is 16.1 Å². The fourth-order valence-electron chi connectivity index (χ4n) is 3.74. The number of hydrogen-bond acceptors (Lipinski definition) is 4. The van der Waals surface area contributed by atoms with Crippen molar-refractivity contribution in [2.75, 3.05) is 20.2 Å². The third-order valence-corrected chi connectivity index (χ3v) is 7.26. The van der Waals surface area contributed by atoms with Crippen molar-refractivity contribution in [2.45, 2.75) is 37.1 Å². The number of nitrogens with one attached hydrogen (secondary N) is 1. The van der Waals surface area contributed by atoms with Gasteiger partial charge in [-0.2, -0.15) is 4.72 Å². The highest BCUT2D eigenvalue weighted by molar-refractivity contribution is 7.89. The van der Waals surface area contributed by atoms with Gasteiger partial charge in [-0.1, -0.05) is 41.9 Å². The minimum Gasteiger partial charge on any atom is -0.495 e. The Labute approximate surface area is 183 Å². The number of nitrogens with zero attached hydrogens (tertiary/aromatic N) is 1. The molecule has 1 saturated heterocycles. The van der Waals surface area contributed by atoms with E-state index in [0.29, 0.717) is 24.8 Å². The molecule has 1 heterocycles. The molecule has 0 aromatic heterocycles. The molecule has 1 aliphatic heterocycles. The molecule has 1 fully saturated rings. The van der Waals surface area contributed by atoms with E-state index in [-0.39, 0.29) is 15.8 Å². The molecular weight excluding hydrogens is 424 g/mol. The van der Waals surface area contributed by atoms with Crippen molar-refractivity contribution in [1.82, 2.24) is 9.62 Å². The average molecular weight is 451 g/mol. The van der Waals surface area contributed by atoms with Gasteiger partial charge in [-0.15, -0.1) is 0 Å². The highest BCUT2D eigenvalue weighted by Crippen LogP contribution is 2.27. The van der Waals surface area contributed by atoms with Crippen LogP contribution in [0.2, 0.25) is 5.02 Å². The molecule has 30 heavy (non-hydrogen) atoms. The maximum absolute atomic E-state index is 12.8. The Morgan fingerprint density at radius 3 is 2.47 bits per heavy atom. The second-order valence-corrected chi connectivity index (χ2v) is 9.72. The van der Waals surface area contributed by atoms with Crippen molar-refractivity contribution >= 4 is 27.5 Å².